The normalized spacial score (nSPS) is 14.1. The van der Waals surface area contributed by atoms with E-state index in [1.807, 2.05) is 25.3 Å². The Morgan fingerprint density at radius 3 is 2.55 bits per heavy atom. The van der Waals surface area contributed by atoms with Crippen LogP contribution in [0.2, 0.25) is 0 Å². The first-order chi connectivity index (χ1) is 14.5. The summed E-state index contributed by atoms with van der Waals surface area (Å²) in [5, 5.41) is 2.96. The minimum Gasteiger partial charge on any atom is -0.448 e. The number of aryl methyl sites for hydroxylation is 1. The Morgan fingerprint density at radius 1 is 1.23 bits per heavy atom. The van der Waals surface area contributed by atoms with Crippen LogP contribution >= 0.6 is 27.3 Å². The first-order valence-corrected chi connectivity index (χ1v) is 12.4. The van der Waals surface area contributed by atoms with Gasteiger partial charge in [0.15, 0.2) is 0 Å². The second kappa shape index (κ2) is 14.4. The molecule has 0 aliphatic rings. The molecule has 0 spiro atoms. The van der Waals surface area contributed by atoms with Crippen LogP contribution in [0.25, 0.3) is 0 Å². The Bertz CT molecular complexity index is 854. The fraction of sp³-hybridized carbons (Fsp3) is 0.560. The Morgan fingerprint density at radius 2 is 1.94 bits per heavy atom. The molecule has 0 aliphatic heterocycles. The molecular weight excluding hydrogens is 474 g/mol. The van der Waals surface area contributed by atoms with Crippen LogP contribution in [0.1, 0.15) is 71.5 Å². The molecule has 6 heteroatoms. The number of hydrogen-bond acceptors (Lipinski definition) is 5. The van der Waals surface area contributed by atoms with Crippen LogP contribution in [0, 0.1) is 23.7 Å². The number of esters is 1. The predicted molar refractivity (Wildman–Crippen MR) is 132 cm³/mol. The molecule has 1 aromatic rings. The van der Waals surface area contributed by atoms with Gasteiger partial charge in [0.25, 0.3) is 0 Å². The highest BCUT2D eigenvalue weighted by molar-refractivity contribution is 9.11. The largest absolute Gasteiger partial charge is 0.448 e. The van der Waals surface area contributed by atoms with Gasteiger partial charge in [-0.1, -0.05) is 48.2 Å². The van der Waals surface area contributed by atoms with E-state index >= 15 is 0 Å². The van der Waals surface area contributed by atoms with Crippen molar-refractivity contribution in [2.75, 3.05) is 0 Å². The lowest BCUT2D eigenvalue weighted by Gasteiger charge is -2.11. The minimum absolute atomic E-state index is 0.224. The molecule has 1 aromatic heterocycles. The maximum absolute atomic E-state index is 12.2. The number of ketones is 1. The van der Waals surface area contributed by atoms with Gasteiger partial charge < -0.3 is 9.53 Å². The van der Waals surface area contributed by atoms with Crippen LogP contribution in [0.5, 0.6) is 0 Å². The van der Waals surface area contributed by atoms with Crippen molar-refractivity contribution in [2.45, 2.75) is 79.8 Å². The lowest BCUT2D eigenvalue weighted by atomic mass is 9.99. The highest BCUT2D eigenvalue weighted by Crippen LogP contribution is 2.19. The number of nitrogens with zero attached hydrogens (tertiary/aromatic N) is 1. The van der Waals surface area contributed by atoms with E-state index in [2.05, 4.69) is 53.5 Å². The second-order valence-corrected chi connectivity index (χ2v) is 10.7. The van der Waals surface area contributed by atoms with E-state index in [9.17, 15) is 9.59 Å². The molecule has 2 atom stereocenters. The van der Waals surface area contributed by atoms with Crippen LogP contribution in [0.3, 0.4) is 0 Å². The van der Waals surface area contributed by atoms with Gasteiger partial charge in [0.2, 0.25) is 0 Å². The lowest BCUT2D eigenvalue weighted by molar-refractivity contribution is -0.139. The maximum Gasteiger partial charge on any atom is 0.385 e. The average Bonchev–Trinajstić information content (AvgIpc) is 3.05. The van der Waals surface area contributed by atoms with Crippen LogP contribution in [-0.2, 0) is 27.2 Å². The molecule has 0 saturated heterocycles. The number of allylic oxidation sites excluding steroid dienone is 3. The van der Waals surface area contributed by atoms with Crippen LogP contribution in [0.4, 0.5) is 0 Å². The summed E-state index contributed by atoms with van der Waals surface area (Å²) in [4.78, 5) is 28.1. The molecule has 0 bridgehead atoms. The van der Waals surface area contributed by atoms with Crippen molar-refractivity contribution in [3.8, 4) is 11.8 Å². The Labute approximate surface area is 199 Å². The van der Waals surface area contributed by atoms with Gasteiger partial charge in [-0.05, 0) is 68.5 Å². The third kappa shape index (κ3) is 13.3. The maximum atomic E-state index is 12.2. The molecule has 0 N–H and O–H groups in total. The van der Waals surface area contributed by atoms with Crippen molar-refractivity contribution in [3.05, 3.63) is 38.3 Å². The number of aromatic nitrogens is 1. The summed E-state index contributed by atoms with van der Waals surface area (Å²) >= 11 is 4.98. The third-order valence-electron chi connectivity index (χ3n) is 4.40. The van der Waals surface area contributed by atoms with Crippen LogP contribution < -0.4 is 0 Å². The first-order valence-electron chi connectivity index (χ1n) is 10.7. The van der Waals surface area contributed by atoms with Gasteiger partial charge in [0, 0.05) is 24.1 Å². The zero-order valence-electron chi connectivity index (χ0n) is 19.5. The van der Waals surface area contributed by atoms with Gasteiger partial charge in [-0.3, -0.25) is 0 Å². The number of carbonyl (C=O) groups excluding carboxylic acids is 2. The summed E-state index contributed by atoms with van der Waals surface area (Å²) in [6.45, 7) is 11.9. The first kappa shape index (κ1) is 27.3. The van der Waals surface area contributed by atoms with Crippen molar-refractivity contribution in [1.82, 2.24) is 4.98 Å². The average molecular weight is 509 g/mol. The van der Waals surface area contributed by atoms with Gasteiger partial charge in [0.1, 0.15) is 11.9 Å². The molecule has 1 heterocycles. The van der Waals surface area contributed by atoms with Crippen molar-refractivity contribution in [3.63, 3.8) is 0 Å². The van der Waals surface area contributed by atoms with Gasteiger partial charge in [0.05, 0.1) is 10.7 Å². The van der Waals surface area contributed by atoms with Gasteiger partial charge in [-0.25, -0.2) is 9.78 Å². The molecule has 4 nitrogen and oxygen atoms in total. The lowest BCUT2D eigenvalue weighted by Crippen LogP contribution is -2.18. The van der Waals surface area contributed by atoms with E-state index in [0.29, 0.717) is 24.7 Å². The summed E-state index contributed by atoms with van der Waals surface area (Å²) in [7, 11) is 0. The molecule has 0 amide bonds. The number of carbonyl (C=O) groups is 2. The van der Waals surface area contributed by atoms with Gasteiger partial charge in [-0.15, -0.1) is 11.3 Å². The van der Waals surface area contributed by atoms with Crippen LogP contribution in [-0.4, -0.2) is 22.8 Å². The molecule has 31 heavy (non-hydrogen) atoms. The molecule has 0 fully saturated rings. The third-order valence-corrected chi connectivity index (χ3v) is 5.59. The summed E-state index contributed by atoms with van der Waals surface area (Å²) < 4.78 is 6.45. The number of thiazole rings is 1. The molecule has 0 unspecified atom stereocenters. The number of Topliss-reactive ketones (excluding diaryl/α,β-unsaturated/α-hetero) is 1. The Hall–Kier alpha value is -1.71. The fourth-order valence-corrected chi connectivity index (χ4v) is 4.36. The quantitative estimate of drug-likeness (QED) is 0.196. The van der Waals surface area contributed by atoms with E-state index in [0.717, 1.165) is 40.0 Å². The zero-order chi connectivity index (χ0) is 23.4. The minimum atomic E-state index is -0.543. The monoisotopic (exact) mass is 507 g/mol. The van der Waals surface area contributed by atoms with E-state index in [1.165, 1.54) is 0 Å². The zero-order valence-corrected chi connectivity index (χ0v) is 21.9. The van der Waals surface area contributed by atoms with Crippen LogP contribution in [0.15, 0.2) is 27.6 Å². The Balaban J connectivity index is 2.70. The second-order valence-electron chi connectivity index (χ2n) is 8.54. The summed E-state index contributed by atoms with van der Waals surface area (Å²) in [5.41, 5.74) is 2.17. The smallest absolute Gasteiger partial charge is 0.385 e. The SMILES string of the molecule is CC(=O)C[C@H](C)CCc1csc(C[C@@H](/C=C(\C)Br)OC(=O)C#C/C=C(\C)CC(C)C)n1. The highest BCUT2D eigenvalue weighted by atomic mass is 79.9. The molecule has 0 aromatic carbocycles. The molecule has 0 radical (unpaired) electrons. The molecule has 170 valence electrons. The van der Waals surface area contributed by atoms with Crippen molar-refractivity contribution in [1.29, 1.82) is 0 Å². The number of hydrogen-bond donors (Lipinski definition) is 0. The van der Waals surface area contributed by atoms with Crippen molar-refractivity contribution in [2.24, 2.45) is 11.8 Å². The Kier molecular flexibility index (Phi) is 12.7. The van der Waals surface area contributed by atoms with E-state index < -0.39 is 12.1 Å². The molecule has 1 rings (SSSR count). The standard InChI is InChI=1S/C25H34BrNO3S/c1-17(2)12-18(3)8-7-9-25(29)30-23(14-20(5)26)15-24-27-22(16-31-24)11-10-19(4)13-21(6)28/h8,14,16-17,19,23H,10-13,15H2,1-6H3/b18-8+,20-14+/t19-,23-/m1/s1. The fourth-order valence-electron chi connectivity index (χ4n) is 3.20. The number of rotatable bonds is 11. The van der Waals surface area contributed by atoms with Crippen molar-refractivity contribution < 1.29 is 14.3 Å². The van der Waals surface area contributed by atoms with Gasteiger partial charge >= 0.3 is 5.97 Å². The molecule has 0 saturated carbocycles. The number of halogens is 1. The summed E-state index contributed by atoms with van der Waals surface area (Å²) in [5.74, 6) is 5.95. The summed E-state index contributed by atoms with van der Waals surface area (Å²) in [6, 6.07) is 0. The van der Waals surface area contributed by atoms with Crippen molar-refractivity contribution >= 4 is 39.0 Å². The molecular formula is C25H34BrNO3S. The highest BCUT2D eigenvalue weighted by Gasteiger charge is 2.15. The van der Waals surface area contributed by atoms with E-state index in [-0.39, 0.29) is 5.78 Å². The predicted octanol–water partition coefficient (Wildman–Crippen LogP) is 6.44. The topological polar surface area (TPSA) is 56.3 Å². The van der Waals surface area contributed by atoms with E-state index in [4.69, 9.17) is 4.74 Å². The molecule has 0 aliphatic carbocycles. The van der Waals surface area contributed by atoms with E-state index in [1.54, 1.807) is 24.3 Å². The number of ether oxygens (including phenoxy) is 1. The summed E-state index contributed by atoms with van der Waals surface area (Å²) in [6.07, 6.45) is 7.05. The van der Waals surface area contributed by atoms with Gasteiger partial charge in [-0.2, -0.15) is 0 Å².